The highest BCUT2D eigenvalue weighted by Crippen LogP contribution is 2.30. The molecule has 1 fully saturated rings. The topological polar surface area (TPSA) is 73.3 Å². The molecule has 0 radical (unpaired) electrons. The number of ether oxygens (including phenoxy) is 2. The number of rotatable bonds is 3. The van der Waals surface area contributed by atoms with Crippen LogP contribution in [0.4, 0.5) is 18.0 Å². The maximum Gasteiger partial charge on any atom is 0.451 e. The maximum absolute atomic E-state index is 12.5. The summed E-state index contributed by atoms with van der Waals surface area (Å²) in [6.07, 6.45) is -3.18. The Morgan fingerprint density at radius 3 is 2.42 bits per heavy atom. The Bertz CT molecular complexity index is 608. The fourth-order valence-electron chi connectivity index (χ4n) is 2.14. The number of alkyl halides is 3. The van der Waals surface area contributed by atoms with E-state index in [1.807, 2.05) is 0 Å². The van der Waals surface area contributed by atoms with Crippen molar-refractivity contribution in [1.82, 2.24) is 15.3 Å². The summed E-state index contributed by atoms with van der Waals surface area (Å²) in [5, 5.41) is 2.71. The average molecular weight is 347 g/mol. The van der Waals surface area contributed by atoms with Crippen molar-refractivity contribution in [1.29, 1.82) is 0 Å². The zero-order valence-electron chi connectivity index (χ0n) is 13.9. The predicted octanol–water partition coefficient (Wildman–Crippen LogP) is 3.24. The Morgan fingerprint density at radius 2 is 1.92 bits per heavy atom. The first-order chi connectivity index (χ1) is 10.9. The lowest BCUT2D eigenvalue weighted by Gasteiger charge is -2.36. The summed E-state index contributed by atoms with van der Waals surface area (Å²) in [7, 11) is 0. The minimum absolute atomic E-state index is 0.0828. The van der Waals surface area contributed by atoms with Gasteiger partial charge in [0.1, 0.15) is 11.7 Å². The first kappa shape index (κ1) is 18.3. The number of carbonyl (C=O) groups excluding carboxylic acids is 1. The minimum Gasteiger partial charge on any atom is -0.487 e. The smallest absolute Gasteiger partial charge is 0.451 e. The van der Waals surface area contributed by atoms with Crippen LogP contribution in [0.15, 0.2) is 6.20 Å². The fourth-order valence-corrected chi connectivity index (χ4v) is 2.14. The summed E-state index contributed by atoms with van der Waals surface area (Å²) in [6, 6.07) is -0.0828. The molecule has 1 aliphatic carbocycles. The van der Waals surface area contributed by atoms with Crippen molar-refractivity contribution in [3.05, 3.63) is 17.7 Å². The first-order valence-electron chi connectivity index (χ1n) is 7.51. The van der Waals surface area contributed by atoms with Crippen LogP contribution in [0.25, 0.3) is 0 Å². The number of amides is 1. The monoisotopic (exact) mass is 347 g/mol. The molecule has 0 bridgehead atoms. The number of nitrogens with zero attached hydrogens (tertiary/aromatic N) is 2. The molecule has 1 aromatic rings. The van der Waals surface area contributed by atoms with Gasteiger partial charge in [-0.3, -0.25) is 0 Å². The first-order valence-corrected chi connectivity index (χ1v) is 7.51. The van der Waals surface area contributed by atoms with Gasteiger partial charge in [-0.05, 0) is 27.7 Å². The number of aryl methyl sites for hydroxylation is 1. The van der Waals surface area contributed by atoms with Crippen LogP contribution < -0.4 is 10.1 Å². The minimum atomic E-state index is -4.58. The van der Waals surface area contributed by atoms with Gasteiger partial charge in [0.05, 0.1) is 11.9 Å². The van der Waals surface area contributed by atoms with Crippen LogP contribution in [0, 0.1) is 6.92 Å². The molecule has 9 heteroatoms. The molecule has 134 valence electrons. The van der Waals surface area contributed by atoms with Crippen molar-refractivity contribution in [3.8, 4) is 5.75 Å². The fraction of sp³-hybridized carbons (Fsp3) is 0.667. The van der Waals surface area contributed by atoms with Gasteiger partial charge in [0.2, 0.25) is 5.82 Å². The van der Waals surface area contributed by atoms with Crippen LogP contribution in [-0.4, -0.2) is 33.8 Å². The van der Waals surface area contributed by atoms with Crippen LogP contribution in [0.2, 0.25) is 0 Å². The normalized spacial score (nSPS) is 21.0. The Labute approximate surface area is 137 Å². The van der Waals surface area contributed by atoms with E-state index in [9.17, 15) is 18.0 Å². The summed E-state index contributed by atoms with van der Waals surface area (Å²) in [5.41, 5.74) is -0.445. The maximum atomic E-state index is 12.5. The molecule has 0 spiro atoms. The molecule has 0 aliphatic heterocycles. The van der Waals surface area contributed by atoms with Gasteiger partial charge in [-0.2, -0.15) is 13.2 Å². The molecule has 1 aromatic heterocycles. The third-order valence-corrected chi connectivity index (χ3v) is 3.30. The lowest BCUT2D eigenvalue weighted by atomic mass is 9.89. The third-order valence-electron chi connectivity index (χ3n) is 3.30. The van der Waals surface area contributed by atoms with E-state index in [-0.39, 0.29) is 23.6 Å². The summed E-state index contributed by atoms with van der Waals surface area (Å²) in [5.74, 6) is -0.978. The van der Waals surface area contributed by atoms with Gasteiger partial charge in [0, 0.05) is 18.9 Å². The highest BCUT2D eigenvalue weighted by molar-refractivity contribution is 5.68. The van der Waals surface area contributed by atoms with Gasteiger partial charge >= 0.3 is 12.3 Å². The quantitative estimate of drug-likeness (QED) is 0.909. The van der Waals surface area contributed by atoms with E-state index in [0.29, 0.717) is 12.8 Å². The Morgan fingerprint density at radius 1 is 1.29 bits per heavy atom. The second-order valence-electron chi connectivity index (χ2n) is 6.70. The Kier molecular flexibility index (Phi) is 4.91. The largest absolute Gasteiger partial charge is 0.487 e. The molecule has 0 atom stereocenters. The van der Waals surface area contributed by atoms with Crippen molar-refractivity contribution in [2.24, 2.45) is 0 Å². The van der Waals surface area contributed by atoms with Gasteiger partial charge in [-0.25, -0.2) is 14.8 Å². The van der Waals surface area contributed by atoms with Crippen LogP contribution in [0.1, 0.15) is 45.1 Å². The summed E-state index contributed by atoms with van der Waals surface area (Å²) in [4.78, 5) is 18.3. The van der Waals surface area contributed by atoms with E-state index < -0.39 is 23.7 Å². The lowest BCUT2D eigenvalue weighted by molar-refractivity contribution is -0.145. The zero-order chi connectivity index (χ0) is 18.1. The average Bonchev–Trinajstić information content (AvgIpc) is 2.34. The number of halogens is 3. The SMILES string of the molecule is Cc1nc(C(F)(F)F)ncc1O[C@H]1C[C@H](NC(=O)OC(C)(C)C)C1. The molecule has 6 nitrogen and oxygen atoms in total. The van der Waals surface area contributed by atoms with Gasteiger partial charge in [-0.1, -0.05) is 0 Å². The molecule has 1 heterocycles. The van der Waals surface area contributed by atoms with E-state index in [1.54, 1.807) is 20.8 Å². The lowest BCUT2D eigenvalue weighted by Crippen LogP contribution is -2.50. The van der Waals surface area contributed by atoms with Crippen LogP contribution in [0.5, 0.6) is 5.75 Å². The molecule has 0 saturated heterocycles. The molecule has 1 N–H and O–H groups in total. The van der Waals surface area contributed by atoms with Crippen LogP contribution in [0.3, 0.4) is 0 Å². The third kappa shape index (κ3) is 4.97. The van der Waals surface area contributed by atoms with Crippen molar-refractivity contribution in [3.63, 3.8) is 0 Å². The molecule has 0 unspecified atom stereocenters. The van der Waals surface area contributed by atoms with Gasteiger partial charge in [-0.15, -0.1) is 0 Å². The summed E-state index contributed by atoms with van der Waals surface area (Å²) in [6.45, 7) is 6.74. The van der Waals surface area contributed by atoms with Crippen LogP contribution in [-0.2, 0) is 10.9 Å². The van der Waals surface area contributed by atoms with Gasteiger partial charge in [0.25, 0.3) is 0 Å². The number of hydrogen-bond donors (Lipinski definition) is 1. The number of hydrogen-bond acceptors (Lipinski definition) is 5. The Hall–Kier alpha value is -2.06. The van der Waals surface area contributed by atoms with E-state index in [4.69, 9.17) is 9.47 Å². The second-order valence-corrected chi connectivity index (χ2v) is 6.70. The summed E-state index contributed by atoms with van der Waals surface area (Å²) >= 11 is 0. The number of carbonyl (C=O) groups is 1. The standard InChI is InChI=1S/C15H20F3N3O3/c1-8-11(7-19-12(20-8)15(16,17)18)23-10-5-9(6-10)21-13(22)24-14(2,3)4/h7,9-10H,5-6H2,1-4H3,(H,21,22)/t9-,10-. The molecule has 0 aromatic carbocycles. The van der Waals surface area contributed by atoms with Crippen molar-refractivity contribution in [2.45, 2.75) is 64.5 Å². The van der Waals surface area contributed by atoms with E-state index in [1.165, 1.54) is 6.92 Å². The highest BCUT2D eigenvalue weighted by atomic mass is 19.4. The zero-order valence-corrected chi connectivity index (χ0v) is 13.9. The predicted molar refractivity (Wildman–Crippen MR) is 78.6 cm³/mol. The van der Waals surface area contributed by atoms with Gasteiger partial charge in [0.15, 0.2) is 5.75 Å². The number of aromatic nitrogens is 2. The second kappa shape index (κ2) is 6.45. The van der Waals surface area contributed by atoms with Crippen molar-refractivity contribution in [2.75, 3.05) is 0 Å². The van der Waals surface area contributed by atoms with Crippen molar-refractivity contribution >= 4 is 6.09 Å². The highest BCUT2D eigenvalue weighted by Gasteiger charge is 2.36. The molecular formula is C15H20F3N3O3. The van der Waals surface area contributed by atoms with Crippen LogP contribution >= 0.6 is 0 Å². The van der Waals surface area contributed by atoms with Crippen molar-refractivity contribution < 1.29 is 27.4 Å². The molecule has 2 rings (SSSR count). The Balaban J connectivity index is 1.82. The van der Waals surface area contributed by atoms with E-state index >= 15 is 0 Å². The molecular weight excluding hydrogens is 327 g/mol. The number of alkyl carbamates (subject to hydrolysis) is 1. The molecule has 1 amide bonds. The molecule has 24 heavy (non-hydrogen) atoms. The van der Waals surface area contributed by atoms with E-state index in [2.05, 4.69) is 15.3 Å². The summed E-state index contributed by atoms with van der Waals surface area (Å²) < 4.78 is 48.3. The molecule has 1 aliphatic rings. The van der Waals surface area contributed by atoms with Gasteiger partial charge < -0.3 is 14.8 Å². The molecule has 1 saturated carbocycles. The van der Waals surface area contributed by atoms with E-state index in [0.717, 1.165) is 6.20 Å². The number of nitrogens with one attached hydrogen (secondary N) is 1.